The van der Waals surface area contributed by atoms with Crippen molar-refractivity contribution in [1.82, 2.24) is 10.2 Å². The minimum atomic E-state index is -4.93. The summed E-state index contributed by atoms with van der Waals surface area (Å²) in [6.45, 7) is 4.37. The predicted molar refractivity (Wildman–Crippen MR) is 170 cm³/mol. The molecule has 6 nitrogen and oxygen atoms in total. The number of likely N-dealkylation sites (tertiary alicyclic amines) is 1. The third kappa shape index (κ3) is 8.03. The number of Topliss-reactive ketones (excluding diaryl/α,β-unsaturated/α-hetero) is 1. The van der Waals surface area contributed by atoms with Crippen molar-refractivity contribution in [3.63, 3.8) is 0 Å². The van der Waals surface area contributed by atoms with Gasteiger partial charge >= 0.3 is 18.9 Å². The maximum atomic E-state index is 14.3. The zero-order valence-corrected chi connectivity index (χ0v) is 28.6. The molecule has 6 rings (SSSR count). The molecule has 0 bridgehead atoms. The smallest absolute Gasteiger partial charge is 0.406 e. The van der Waals surface area contributed by atoms with Gasteiger partial charge in [-0.25, -0.2) is 0 Å². The van der Waals surface area contributed by atoms with Crippen molar-refractivity contribution in [1.29, 1.82) is 0 Å². The molecule has 2 aromatic carbocycles. The van der Waals surface area contributed by atoms with Crippen molar-refractivity contribution >= 4 is 11.7 Å². The first-order valence-corrected chi connectivity index (χ1v) is 17.5. The molecule has 1 N–H and O–H groups in total. The van der Waals surface area contributed by atoms with E-state index in [2.05, 4.69) is 21.7 Å². The van der Waals surface area contributed by atoms with Crippen molar-refractivity contribution in [3.05, 3.63) is 59.7 Å². The molecule has 4 fully saturated rings. The third-order valence-electron chi connectivity index (χ3n) is 12.5. The number of amides is 1. The molecule has 0 spiro atoms. The second-order valence-corrected chi connectivity index (χ2v) is 15.4. The SMILES string of the molecule is C[C@]12CCC3C(CN(CCC(F)(F)F)C4CC(=O)CC[C@]34C)C1CCC2C(=O)NC(c1ccc(OC(F)(F)F)cc1)c1ccc(OC(F)(F)F)cc1. The molecule has 4 aliphatic rings. The Morgan fingerprint density at radius 3 is 1.87 bits per heavy atom. The lowest BCUT2D eigenvalue weighted by atomic mass is 9.48. The minimum Gasteiger partial charge on any atom is -0.406 e. The highest BCUT2D eigenvalue weighted by molar-refractivity contribution is 5.81. The maximum absolute atomic E-state index is 14.3. The van der Waals surface area contributed by atoms with E-state index in [9.17, 15) is 49.1 Å². The lowest BCUT2D eigenvalue weighted by Crippen LogP contribution is -2.65. The zero-order chi connectivity index (χ0) is 37.9. The van der Waals surface area contributed by atoms with E-state index < -0.39 is 54.2 Å². The monoisotopic (exact) mass is 748 g/mol. The Morgan fingerprint density at radius 2 is 1.35 bits per heavy atom. The summed E-state index contributed by atoms with van der Waals surface area (Å²) in [5, 5.41) is 3.02. The van der Waals surface area contributed by atoms with E-state index in [1.54, 1.807) is 0 Å². The third-order valence-corrected chi connectivity index (χ3v) is 12.5. The van der Waals surface area contributed by atoms with E-state index in [-0.39, 0.29) is 53.9 Å². The number of hydrogen-bond donors (Lipinski definition) is 1. The molecule has 3 aliphatic carbocycles. The molecule has 1 heterocycles. The Balaban J connectivity index is 1.26. The van der Waals surface area contributed by atoms with Crippen LogP contribution in [-0.2, 0) is 9.59 Å². The normalized spacial score (nSPS) is 31.1. The molecule has 52 heavy (non-hydrogen) atoms. The molecule has 1 amide bonds. The molecular formula is C37H41F9N2O4. The fourth-order valence-electron chi connectivity index (χ4n) is 10.1. The maximum Gasteiger partial charge on any atom is 0.573 e. The van der Waals surface area contributed by atoms with Crippen LogP contribution < -0.4 is 14.8 Å². The van der Waals surface area contributed by atoms with Gasteiger partial charge in [0.25, 0.3) is 0 Å². The van der Waals surface area contributed by atoms with Gasteiger partial charge in [0.1, 0.15) is 17.3 Å². The molecule has 3 saturated carbocycles. The number of nitrogens with zero attached hydrogens (tertiary/aromatic N) is 1. The summed E-state index contributed by atoms with van der Waals surface area (Å²) < 4.78 is 125. The summed E-state index contributed by atoms with van der Waals surface area (Å²) in [6.07, 6.45) is -11.4. The van der Waals surface area contributed by atoms with Crippen molar-refractivity contribution in [2.24, 2.45) is 34.5 Å². The average Bonchev–Trinajstić information content (AvgIpc) is 3.39. The van der Waals surface area contributed by atoms with Crippen LogP contribution in [0.5, 0.6) is 11.5 Å². The summed E-state index contributed by atoms with van der Waals surface area (Å²) in [5.41, 5.74) is -0.156. The van der Waals surface area contributed by atoms with E-state index in [1.807, 2.05) is 11.8 Å². The number of carbonyl (C=O) groups excluding carboxylic acids is 2. The number of piperidine rings is 1. The number of alkyl halides is 9. The van der Waals surface area contributed by atoms with Gasteiger partial charge in [0.05, 0.1) is 12.5 Å². The van der Waals surface area contributed by atoms with E-state index >= 15 is 0 Å². The van der Waals surface area contributed by atoms with Crippen LogP contribution in [0.15, 0.2) is 48.5 Å². The molecule has 286 valence electrons. The van der Waals surface area contributed by atoms with Crippen LogP contribution in [0.4, 0.5) is 39.5 Å². The summed E-state index contributed by atoms with van der Waals surface area (Å²) in [7, 11) is 0. The second-order valence-electron chi connectivity index (χ2n) is 15.4. The largest absolute Gasteiger partial charge is 0.573 e. The Hall–Kier alpha value is -3.49. The number of halogens is 9. The standard InChI is InChI=1S/C37H41F9N2O4/c1-33-16-14-28-26(20-48(18-17-35(38,39)40)30-19-23(49)13-15-34(28,30)2)27(33)11-12-29(33)32(50)47-31(21-3-7-24(8-4-21)51-36(41,42)43)22-5-9-25(10-6-22)52-37(44,45)46/h3-10,26-31H,11-20H2,1-2H3,(H,47,50)/t26?,27?,28?,29?,30?,33-,34+/m0/s1. The summed E-state index contributed by atoms with van der Waals surface area (Å²) in [6, 6.07) is 8.42. The minimum absolute atomic E-state index is 0.0115. The summed E-state index contributed by atoms with van der Waals surface area (Å²) in [5.74, 6) is -1.56. The van der Waals surface area contributed by atoms with Gasteiger partial charge in [0.15, 0.2) is 0 Å². The van der Waals surface area contributed by atoms with Crippen molar-refractivity contribution in [2.75, 3.05) is 13.1 Å². The van der Waals surface area contributed by atoms with Crippen molar-refractivity contribution in [3.8, 4) is 11.5 Å². The lowest BCUT2D eigenvalue weighted by Gasteiger charge is -2.63. The molecule has 1 aliphatic heterocycles. The number of hydrogen-bond acceptors (Lipinski definition) is 5. The van der Waals surface area contributed by atoms with Gasteiger partial charge < -0.3 is 14.8 Å². The van der Waals surface area contributed by atoms with Crippen molar-refractivity contribution < 1.29 is 58.6 Å². The van der Waals surface area contributed by atoms with Crippen LogP contribution in [0.1, 0.15) is 82.4 Å². The van der Waals surface area contributed by atoms with Gasteiger partial charge in [-0.3, -0.25) is 14.5 Å². The van der Waals surface area contributed by atoms with E-state index in [0.717, 1.165) is 30.7 Å². The van der Waals surface area contributed by atoms with Crippen LogP contribution >= 0.6 is 0 Å². The fourth-order valence-corrected chi connectivity index (χ4v) is 10.1. The molecular weight excluding hydrogens is 707 g/mol. The highest BCUT2D eigenvalue weighted by atomic mass is 19.4. The Morgan fingerprint density at radius 1 is 0.808 bits per heavy atom. The average molecular weight is 749 g/mol. The molecule has 1 saturated heterocycles. The van der Waals surface area contributed by atoms with Crippen LogP contribution in [0.25, 0.3) is 0 Å². The quantitative estimate of drug-likeness (QED) is 0.273. The number of fused-ring (bicyclic) bond motifs is 5. The number of ether oxygens (including phenoxy) is 2. The Kier molecular flexibility index (Phi) is 10.1. The number of rotatable bonds is 8. The number of carbonyl (C=O) groups is 2. The topological polar surface area (TPSA) is 67.9 Å². The second kappa shape index (κ2) is 13.7. The number of ketones is 1. The molecule has 0 radical (unpaired) electrons. The van der Waals surface area contributed by atoms with Gasteiger partial charge in [0, 0.05) is 37.9 Å². The van der Waals surface area contributed by atoms with E-state index in [1.165, 1.54) is 24.3 Å². The molecule has 5 unspecified atom stereocenters. The van der Waals surface area contributed by atoms with Crippen LogP contribution in [0.3, 0.4) is 0 Å². The number of nitrogens with one attached hydrogen (secondary N) is 1. The predicted octanol–water partition coefficient (Wildman–Crippen LogP) is 9.14. The molecule has 2 aromatic rings. The molecule has 7 atom stereocenters. The number of benzene rings is 2. The first-order chi connectivity index (χ1) is 24.2. The van der Waals surface area contributed by atoms with Crippen molar-refractivity contribution in [2.45, 2.75) is 96.2 Å². The first-order valence-electron chi connectivity index (χ1n) is 17.5. The molecule has 15 heteroatoms. The fraction of sp³-hybridized carbons (Fsp3) is 0.622. The lowest BCUT2D eigenvalue weighted by molar-refractivity contribution is -0.275. The first kappa shape index (κ1) is 38.2. The highest BCUT2D eigenvalue weighted by Gasteiger charge is 2.63. The van der Waals surface area contributed by atoms with Gasteiger partial charge in [-0.05, 0) is 96.1 Å². The Labute approximate surface area is 295 Å². The highest BCUT2D eigenvalue weighted by Crippen LogP contribution is 2.65. The van der Waals surface area contributed by atoms with Gasteiger partial charge in [-0.2, -0.15) is 13.2 Å². The Bertz CT molecular complexity index is 1550. The summed E-state index contributed by atoms with van der Waals surface area (Å²) >= 11 is 0. The molecule has 0 aromatic heterocycles. The van der Waals surface area contributed by atoms with E-state index in [0.29, 0.717) is 49.8 Å². The van der Waals surface area contributed by atoms with Gasteiger partial charge in [-0.15, -0.1) is 26.3 Å². The van der Waals surface area contributed by atoms with Gasteiger partial charge in [-0.1, -0.05) is 38.1 Å². The van der Waals surface area contributed by atoms with E-state index in [4.69, 9.17) is 0 Å². The van der Waals surface area contributed by atoms with Gasteiger partial charge in [0.2, 0.25) is 5.91 Å². The zero-order valence-electron chi connectivity index (χ0n) is 28.6. The van der Waals surface area contributed by atoms with Crippen LogP contribution in [0.2, 0.25) is 0 Å². The summed E-state index contributed by atoms with van der Waals surface area (Å²) in [4.78, 5) is 28.7. The van der Waals surface area contributed by atoms with Crippen LogP contribution in [-0.4, -0.2) is 54.6 Å². The van der Waals surface area contributed by atoms with Crippen LogP contribution in [0, 0.1) is 34.5 Å².